The molecule has 0 bridgehead atoms. The van der Waals surface area contributed by atoms with Crippen LogP contribution in [0.1, 0.15) is 33.0 Å². The summed E-state index contributed by atoms with van der Waals surface area (Å²) in [4.78, 5) is 26.3. The van der Waals surface area contributed by atoms with Crippen LogP contribution in [-0.2, 0) is 33.9 Å². The Balaban J connectivity index is 1.50. The zero-order valence-electron chi connectivity index (χ0n) is 23.6. The molecule has 0 radical (unpaired) electrons. The van der Waals surface area contributed by atoms with Crippen LogP contribution in [0.15, 0.2) is 100 Å². The molecule has 0 fully saturated rings. The summed E-state index contributed by atoms with van der Waals surface area (Å²) in [6.07, 6.45) is -4.69. The molecular formula is C33H25ClF3NO6S. The Morgan fingerprint density at radius 2 is 1.62 bits per heavy atom. The van der Waals surface area contributed by atoms with E-state index in [2.05, 4.69) is 0 Å². The molecule has 1 aromatic heterocycles. The molecule has 5 rings (SSSR count). The minimum absolute atomic E-state index is 0.0688. The number of halogens is 4. The van der Waals surface area contributed by atoms with Crippen molar-refractivity contribution in [2.45, 2.75) is 31.1 Å². The molecule has 12 heteroatoms. The number of hydrogen-bond donors (Lipinski definition) is 1. The highest BCUT2D eigenvalue weighted by Gasteiger charge is 2.35. The van der Waals surface area contributed by atoms with E-state index in [0.717, 1.165) is 11.5 Å². The molecular weight excluding hydrogens is 631 g/mol. The number of amides is 1. The summed E-state index contributed by atoms with van der Waals surface area (Å²) < 4.78 is 69.7. The second-order valence-corrected chi connectivity index (χ2v) is 12.8. The number of nitrogens with zero attached hydrogens (tertiary/aromatic N) is 1. The van der Waals surface area contributed by atoms with Crippen molar-refractivity contribution in [3.8, 4) is 11.1 Å². The van der Waals surface area contributed by atoms with Gasteiger partial charge < -0.3 is 14.4 Å². The molecule has 232 valence electrons. The van der Waals surface area contributed by atoms with Gasteiger partial charge >= 0.3 is 12.1 Å². The average Bonchev–Trinajstić information content (AvgIpc) is 3.46. The predicted octanol–water partition coefficient (Wildman–Crippen LogP) is 7.78. The topological polar surface area (TPSA) is 105 Å². The number of aryl methyl sites for hydroxylation is 1. The molecule has 1 N–H and O–H groups in total. The molecule has 0 aliphatic carbocycles. The van der Waals surface area contributed by atoms with Crippen LogP contribution in [0.4, 0.5) is 13.2 Å². The number of hydrogen-bond acceptors (Lipinski definition) is 5. The van der Waals surface area contributed by atoms with Gasteiger partial charge in [-0.1, -0.05) is 72.3 Å². The second kappa shape index (κ2) is 12.4. The lowest BCUT2D eigenvalue weighted by atomic mass is 9.98. The number of alkyl halides is 3. The summed E-state index contributed by atoms with van der Waals surface area (Å²) in [7, 11) is -4.07. The lowest BCUT2D eigenvalue weighted by Crippen LogP contribution is -2.31. The van der Waals surface area contributed by atoms with Gasteiger partial charge in [-0.15, -0.1) is 0 Å². The average molecular weight is 656 g/mol. The summed E-state index contributed by atoms with van der Waals surface area (Å²) in [6.45, 7) is 1.41. The molecule has 0 atom stereocenters. The highest BCUT2D eigenvalue weighted by Crippen LogP contribution is 2.33. The van der Waals surface area contributed by atoms with Gasteiger partial charge in [0.25, 0.3) is 5.91 Å². The first kappa shape index (κ1) is 31.8. The number of rotatable bonds is 9. The Hall–Kier alpha value is -4.61. The number of sulfone groups is 1. The quantitative estimate of drug-likeness (QED) is 0.174. The van der Waals surface area contributed by atoms with Gasteiger partial charge in [-0.25, -0.2) is 8.42 Å². The van der Waals surface area contributed by atoms with Crippen LogP contribution in [0.25, 0.3) is 21.9 Å². The van der Waals surface area contributed by atoms with Crippen molar-refractivity contribution in [3.05, 3.63) is 124 Å². The van der Waals surface area contributed by atoms with E-state index in [0.29, 0.717) is 33.2 Å². The molecule has 1 heterocycles. The van der Waals surface area contributed by atoms with Gasteiger partial charge in [-0.2, -0.15) is 13.2 Å². The molecule has 7 nitrogen and oxygen atoms in total. The van der Waals surface area contributed by atoms with Crippen LogP contribution in [-0.4, -0.2) is 36.1 Å². The first-order valence-corrected chi connectivity index (χ1v) is 15.5. The molecule has 0 saturated heterocycles. The first-order chi connectivity index (χ1) is 21.2. The third-order valence-electron chi connectivity index (χ3n) is 7.18. The van der Waals surface area contributed by atoms with Crippen LogP contribution in [0, 0.1) is 6.92 Å². The van der Waals surface area contributed by atoms with Gasteiger partial charge in [-0.3, -0.25) is 9.59 Å². The van der Waals surface area contributed by atoms with Crippen LogP contribution < -0.4 is 0 Å². The van der Waals surface area contributed by atoms with E-state index in [1.165, 1.54) is 29.2 Å². The molecule has 0 aliphatic heterocycles. The van der Waals surface area contributed by atoms with Crippen molar-refractivity contribution in [1.82, 2.24) is 4.90 Å². The number of fused-ring (bicyclic) bond motifs is 1. The first-order valence-electron chi connectivity index (χ1n) is 13.5. The molecule has 4 aromatic carbocycles. The van der Waals surface area contributed by atoms with Gasteiger partial charge in [0.2, 0.25) is 5.76 Å². The largest absolute Gasteiger partial charge is 0.480 e. The molecule has 0 spiro atoms. The van der Waals surface area contributed by atoms with Crippen molar-refractivity contribution < 1.29 is 40.7 Å². The molecule has 0 saturated carbocycles. The Labute approximate surface area is 261 Å². The summed E-state index contributed by atoms with van der Waals surface area (Å²) in [6, 6.07) is 23.6. The lowest BCUT2D eigenvalue weighted by Gasteiger charge is -2.24. The van der Waals surface area contributed by atoms with Gasteiger partial charge in [0.15, 0.2) is 15.6 Å². The van der Waals surface area contributed by atoms with E-state index in [1.807, 2.05) is 18.2 Å². The standard InChI is InChI=1S/C33H25ClF3NO6S/c1-20-9-10-21-5-2-3-8-27(21)31(20)32(41)38(18-25-13-14-29(44-25)33(35,36)37)17-24-12-11-23(16-28(24)34)22-6-4-7-26(15-22)45(42,43)19-30(39)40/h2-16H,17-19H2,1H3,(H,39,40). The van der Waals surface area contributed by atoms with E-state index in [4.69, 9.17) is 21.1 Å². The van der Waals surface area contributed by atoms with Crippen molar-refractivity contribution in [2.24, 2.45) is 0 Å². The Morgan fingerprint density at radius 1 is 0.889 bits per heavy atom. The number of carboxylic acid groups (broad SMARTS) is 1. The zero-order valence-corrected chi connectivity index (χ0v) is 25.2. The number of furan rings is 1. The molecule has 1 amide bonds. The zero-order chi connectivity index (χ0) is 32.5. The van der Waals surface area contributed by atoms with E-state index < -0.39 is 39.4 Å². The number of aliphatic carboxylic acids is 1. The highest BCUT2D eigenvalue weighted by atomic mass is 35.5. The lowest BCUT2D eigenvalue weighted by molar-refractivity contribution is -0.153. The Kier molecular flexibility index (Phi) is 8.77. The maximum atomic E-state index is 14.1. The normalized spacial score (nSPS) is 11.9. The second-order valence-electron chi connectivity index (χ2n) is 10.4. The SMILES string of the molecule is Cc1ccc2ccccc2c1C(=O)N(Cc1ccc(C(F)(F)F)o1)Cc1ccc(-c2cccc(S(=O)(=O)CC(=O)O)c2)cc1Cl. The Morgan fingerprint density at radius 3 is 2.31 bits per heavy atom. The fourth-order valence-corrected chi connectivity index (χ4v) is 6.33. The van der Waals surface area contributed by atoms with E-state index in [1.54, 1.807) is 49.4 Å². The number of carboxylic acids is 1. The van der Waals surface area contributed by atoms with Crippen molar-refractivity contribution in [1.29, 1.82) is 0 Å². The third-order valence-corrected chi connectivity index (χ3v) is 9.13. The van der Waals surface area contributed by atoms with Crippen LogP contribution in [0.5, 0.6) is 0 Å². The molecule has 45 heavy (non-hydrogen) atoms. The van der Waals surface area contributed by atoms with Gasteiger partial charge in [0.05, 0.1) is 17.0 Å². The fourth-order valence-electron chi connectivity index (χ4n) is 5.00. The Bertz CT molecular complexity index is 2040. The summed E-state index contributed by atoms with van der Waals surface area (Å²) in [5.41, 5.74) is 2.54. The van der Waals surface area contributed by atoms with Crippen LogP contribution >= 0.6 is 11.6 Å². The smallest absolute Gasteiger partial charge is 0.449 e. The van der Waals surface area contributed by atoms with Crippen molar-refractivity contribution in [2.75, 3.05) is 5.75 Å². The van der Waals surface area contributed by atoms with Gasteiger partial charge in [-0.05, 0) is 70.3 Å². The maximum Gasteiger partial charge on any atom is 0.449 e. The fraction of sp³-hybridized carbons (Fsp3) is 0.152. The van der Waals surface area contributed by atoms with Crippen LogP contribution in [0.3, 0.4) is 0 Å². The van der Waals surface area contributed by atoms with Crippen LogP contribution in [0.2, 0.25) is 5.02 Å². The van der Waals surface area contributed by atoms with E-state index in [9.17, 15) is 31.2 Å². The minimum Gasteiger partial charge on any atom is -0.480 e. The predicted molar refractivity (Wildman–Crippen MR) is 163 cm³/mol. The van der Waals surface area contributed by atoms with Gasteiger partial charge in [0.1, 0.15) is 5.76 Å². The van der Waals surface area contributed by atoms with Gasteiger partial charge in [0, 0.05) is 11.6 Å². The third kappa shape index (κ3) is 7.05. The number of carbonyl (C=O) groups excluding carboxylic acids is 1. The number of carbonyl (C=O) groups is 2. The summed E-state index contributed by atoms with van der Waals surface area (Å²) in [5, 5.41) is 10.7. The van der Waals surface area contributed by atoms with E-state index in [-0.39, 0.29) is 28.8 Å². The monoisotopic (exact) mass is 655 g/mol. The minimum atomic E-state index is -4.69. The molecule has 5 aromatic rings. The molecule has 0 aliphatic rings. The maximum absolute atomic E-state index is 14.1. The van der Waals surface area contributed by atoms with Crippen molar-refractivity contribution >= 4 is 44.1 Å². The summed E-state index contributed by atoms with van der Waals surface area (Å²) >= 11 is 6.66. The number of benzene rings is 4. The highest BCUT2D eigenvalue weighted by molar-refractivity contribution is 7.92. The summed E-state index contributed by atoms with van der Waals surface area (Å²) in [5.74, 6) is -4.22. The van der Waals surface area contributed by atoms with Crippen molar-refractivity contribution in [3.63, 3.8) is 0 Å². The van der Waals surface area contributed by atoms with E-state index >= 15 is 0 Å². The molecule has 0 unspecified atom stereocenters.